The molecule has 2 N–H and O–H groups in total. The van der Waals surface area contributed by atoms with E-state index in [2.05, 4.69) is 117 Å². The van der Waals surface area contributed by atoms with E-state index in [1.54, 1.807) is 6.20 Å². The van der Waals surface area contributed by atoms with E-state index in [9.17, 15) is 0 Å². The van der Waals surface area contributed by atoms with Crippen LogP contribution in [0.5, 0.6) is 11.5 Å². The molecule has 0 fully saturated rings. The third kappa shape index (κ3) is 5.28. The van der Waals surface area contributed by atoms with Crippen LogP contribution in [0.15, 0.2) is 177 Å². The third-order valence-corrected chi connectivity index (χ3v) is 11.6. The Kier molecular flexibility index (Phi) is 8.31. The smallest absolute Gasteiger partial charge is 0.164 e. The summed E-state index contributed by atoms with van der Waals surface area (Å²) in [6.45, 7) is 10.3. The van der Waals surface area contributed by atoms with Crippen LogP contribution < -0.4 is 10.5 Å². The van der Waals surface area contributed by atoms with Crippen molar-refractivity contribution in [1.82, 2.24) is 15.0 Å². The second kappa shape index (κ2) is 13.8. The largest absolute Gasteiger partial charge is 0.457 e. The van der Waals surface area contributed by atoms with Crippen molar-refractivity contribution >= 4 is 17.7 Å². The van der Waals surface area contributed by atoms with Crippen molar-refractivity contribution in [2.45, 2.75) is 12.3 Å². The summed E-state index contributed by atoms with van der Waals surface area (Å²) in [7, 11) is 0. The van der Waals surface area contributed by atoms with Crippen molar-refractivity contribution in [3.05, 3.63) is 227 Å². The lowest BCUT2D eigenvalue weighted by Crippen LogP contribution is -2.32. The van der Waals surface area contributed by atoms with Crippen molar-refractivity contribution in [1.29, 1.82) is 0 Å². The molecule has 2 aliphatic rings. The van der Waals surface area contributed by atoms with Gasteiger partial charge in [-0.05, 0) is 69.1 Å². The maximum Gasteiger partial charge on any atom is 0.164 e. The summed E-state index contributed by atoms with van der Waals surface area (Å²) in [4.78, 5) is 15.3. The van der Waals surface area contributed by atoms with Crippen molar-refractivity contribution in [3.8, 4) is 56.8 Å². The molecule has 0 radical (unpaired) electrons. The van der Waals surface area contributed by atoms with Gasteiger partial charge in [-0.15, -0.1) is 0 Å². The zero-order valence-corrected chi connectivity index (χ0v) is 32.0. The Morgan fingerprint density at radius 3 is 1.84 bits per heavy atom. The van der Waals surface area contributed by atoms with Gasteiger partial charge < -0.3 is 10.5 Å². The Hall–Kier alpha value is -7.63. The molecule has 1 aromatic heterocycles. The highest BCUT2D eigenvalue weighted by molar-refractivity contribution is 5.90. The molecule has 58 heavy (non-hydrogen) atoms. The molecule has 8 aromatic rings. The summed E-state index contributed by atoms with van der Waals surface area (Å²) >= 11 is 0. The fraction of sp³-hybridized carbons (Fsp3) is 0.0377. The summed E-state index contributed by atoms with van der Waals surface area (Å²) < 4.78 is 7.09. The minimum Gasteiger partial charge on any atom is -0.457 e. The quantitative estimate of drug-likeness (QED) is 0.176. The van der Waals surface area contributed by atoms with Crippen molar-refractivity contribution in [3.63, 3.8) is 0 Å². The molecule has 1 spiro atoms. The molecule has 276 valence electrons. The van der Waals surface area contributed by atoms with Gasteiger partial charge in [0.05, 0.1) is 5.41 Å². The van der Waals surface area contributed by atoms with Gasteiger partial charge in [0.2, 0.25) is 0 Å². The highest BCUT2D eigenvalue weighted by Crippen LogP contribution is 2.62. The normalized spacial score (nSPS) is 13.2. The second-order valence-corrected chi connectivity index (χ2v) is 14.6. The van der Waals surface area contributed by atoms with Gasteiger partial charge in [-0.2, -0.15) is 0 Å². The standard InChI is InChI=1S/C53H38N4O/c1-4-34-19-15-23-42(38(34)5-2)52-56-50(35-17-7-6-8-18-35)55-51(57-52)37-27-29-47-49(31-37)58-48-30-36(43(32-54)39-20-10-9-16-33(39)3)26-28-46(48)53(47)44-24-13-11-21-40(44)41-22-12-14-25-45(41)53/h4-32H,1-2,54H2,3H3/b43-32-. The maximum atomic E-state index is 7.09. The van der Waals surface area contributed by atoms with Crippen LogP contribution in [0.1, 0.15) is 50.1 Å². The van der Waals surface area contributed by atoms with E-state index in [0.29, 0.717) is 17.5 Å². The molecule has 0 saturated heterocycles. The third-order valence-electron chi connectivity index (χ3n) is 11.6. The fourth-order valence-electron chi connectivity index (χ4n) is 8.96. The molecule has 0 saturated carbocycles. The van der Waals surface area contributed by atoms with E-state index < -0.39 is 5.41 Å². The molecule has 5 heteroatoms. The number of nitrogens with zero attached hydrogens (tertiary/aromatic N) is 3. The van der Waals surface area contributed by atoms with Crippen molar-refractivity contribution in [2.75, 3.05) is 0 Å². The van der Waals surface area contributed by atoms with Crippen LogP contribution in [-0.4, -0.2) is 15.0 Å². The number of benzene rings is 7. The molecule has 1 aliphatic heterocycles. The Bertz CT molecular complexity index is 2950. The van der Waals surface area contributed by atoms with Gasteiger partial charge in [0.25, 0.3) is 0 Å². The lowest BCUT2D eigenvalue weighted by Gasteiger charge is -2.39. The Morgan fingerprint density at radius 1 is 0.552 bits per heavy atom. The van der Waals surface area contributed by atoms with Gasteiger partial charge in [-0.3, -0.25) is 0 Å². The number of aryl methyl sites for hydroxylation is 1. The molecule has 0 atom stereocenters. The molecule has 2 heterocycles. The van der Waals surface area contributed by atoms with E-state index in [1.165, 1.54) is 22.3 Å². The molecule has 1 aliphatic carbocycles. The van der Waals surface area contributed by atoms with Gasteiger partial charge in [0, 0.05) is 39.6 Å². The van der Waals surface area contributed by atoms with Crippen LogP contribution in [0.2, 0.25) is 0 Å². The molecule has 0 unspecified atom stereocenters. The minimum atomic E-state index is -0.647. The second-order valence-electron chi connectivity index (χ2n) is 14.6. The zero-order chi connectivity index (χ0) is 39.4. The topological polar surface area (TPSA) is 73.9 Å². The summed E-state index contributed by atoms with van der Waals surface area (Å²) in [5, 5.41) is 0. The predicted molar refractivity (Wildman–Crippen MR) is 236 cm³/mol. The first-order chi connectivity index (χ1) is 28.5. The lowest BCUT2D eigenvalue weighted by atomic mass is 9.65. The van der Waals surface area contributed by atoms with Crippen molar-refractivity contribution < 1.29 is 4.74 Å². The number of nitrogens with two attached hydrogens (primary N) is 1. The number of hydrogen-bond acceptors (Lipinski definition) is 5. The van der Waals surface area contributed by atoms with Crippen LogP contribution in [0, 0.1) is 6.92 Å². The molecule has 5 nitrogen and oxygen atoms in total. The van der Waals surface area contributed by atoms with Gasteiger partial charge in [-0.25, -0.2) is 15.0 Å². The Labute approximate surface area is 338 Å². The van der Waals surface area contributed by atoms with Gasteiger partial charge in [0.1, 0.15) is 11.5 Å². The van der Waals surface area contributed by atoms with Gasteiger partial charge in [0.15, 0.2) is 17.5 Å². The lowest BCUT2D eigenvalue weighted by molar-refractivity contribution is 0.436. The first kappa shape index (κ1) is 34.8. The minimum absolute atomic E-state index is 0.531. The van der Waals surface area contributed by atoms with E-state index in [-0.39, 0.29) is 0 Å². The van der Waals surface area contributed by atoms with Crippen LogP contribution >= 0.6 is 0 Å². The Morgan fingerprint density at radius 2 is 1.16 bits per heavy atom. The number of hydrogen-bond donors (Lipinski definition) is 1. The summed E-state index contributed by atoms with van der Waals surface area (Å²) in [6.07, 6.45) is 5.35. The van der Waals surface area contributed by atoms with E-state index in [1.807, 2.05) is 72.8 Å². The molecular formula is C53H38N4O. The molecular weight excluding hydrogens is 709 g/mol. The molecule has 0 bridgehead atoms. The van der Waals surface area contributed by atoms with E-state index >= 15 is 0 Å². The van der Waals surface area contributed by atoms with Crippen LogP contribution in [0.4, 0.5) is 0 Å². The average molecular weight is 747 g/mol. The van der Waals surface area contributed by atoms with Gasteiger partial charge >= 0.3 is 0 Å². The highest BCUT2D eigenvalue weighted by Gasteiger charge is 2.51. The monoisotopic (exact) mass is 746 g/mol. The number of fused-ring (bicyclic) bond motifs is 9. The first-order valence-corrected chi connectivity index (χ1v) is 19.4. The zero-order valence-electron chi connectivity index (χ0n) is 32.0. The Balaban J connectivity index is 1.21. The number of aromatic nitrogens is 3. The molecule has 0 amide bonds. The fourth-order valence-corrected chi connectivity index (χ4v) is 8.96. The summed E-state index contributed by atoms with van der Waals surface area (Å²) in [5.41, 5.74) is 21.2. The summed E-state index contributed by atoms with van der Waals surface area (Å²) in [6, 6.07) is 54.7. The number of rotatable bonds is 7. The summed E-state index contributed by atoms with van der Waals surface area (Å²) in [5.74, 6) is 3.14. The van der Waals surface area contributed by atoms with Crippen LogP contribution in [-0.2, 0) is 5.41 Å². The van der Waals surface area contributed by atoms with Gasteiger partial charge in [-0.1, -0.05) is 171 Å². The SMILES string of the molecule is C=Cc1cccc(-c2nc(-c3ccccc3)nc(-c3ccc4c(c3)Oc3cc(/C(=C/N)c5ccccc5C)ccc3C43c4ccccc4-c4ccccc43)n2)c1C=C. The van der Waals surface area contributed by atoms with Crippen molar-refractivity contribution in [2.24, 2.45) is 5.73 Å². The first-order valence-electron chi connectivity index (χ1n) is 19.4. The molecule has 10 rings (SSSR count). The predicted octanol–water partition coefficient (Wildman–Crippen LogP) is 12.3. The average Bonchev–Trinajstić information content (AvgIpc) is 3.57. The van der Waals surface area contributed by atoms with E-state index in [0.717, 1.165) is 72.7 Å². The highest BCUT2D eigenvalue weighted by atomic mass is 16.5. The van der Waals surface area contributed by atoms with E-state index in [4.69, 9.17) is 25.4 Å². The maximum absolute atomic E-state index is 7.09. The van der Waals surface area contributed by atoms with Crippen LogP contribution in [0.3, 0.4) is 0 Å². The van der Waals surface area contributed by atoms with Crippen LogP contribution in [0.25, 0.3) is 63.0 Å². The number of ether oxygens (including phenoxy) is 1. The molecule has 7 aromatic carbocycles.